The number of anilines is 2. The number of nitrogens with zero attached hydrogens (tertiary/aromatic N) is 2. The van der Waals surface area contributed by atoms with E-state index in [-0.39, 0.29) is 36.7 Å². The number of aliphatic hydroxyl groups excluding tert-OH is 1. The standard InChI is InChI=1S/C25H22FN3O3/c26-19-12-6-4-10-17(19)24(31)29-21-14-28(25(32)27-16-8-2-1-3-9-16)20-13-7-5-11-18(20)23(21)22(29)15-30/h1-13,21-23,30H,14-15H2,(H,27,32)/t21-,22-,23+/m0/s1. The van der Waals surface area contributed by atoms with E-state index in [2.05, 4.69) is 5.32 Å². The Morgan fingerprint density at radius 3 is 2.41 bits per heavy atom. The van der Waals surface area contributed by atoms with Crippen LogP contribution in [-0.2, 0) is 0 Å². The second kappa shape index (κ2) is 8.09. The van der Waals surface area contributed by atoms with Crippen LogP contribution in [-0.4, -0.2) is 47.2 Å². The third kappa shape index (κ3) is 3.22. The van der Waals surface area contributed by atoms with Gasteiger partial charge in [0.05, 0.1) is 24.3 Å². The van der Waals surface area contributed by atoms with E-state index < -0.39 is 17.8 Å². The Morgan fingerprint density at radius 1 is 0.969 bits per heavy atom. The molecule has 0 saturated carbocycles. The molecule has 0 radical (unpaired) electrons. The van der Waals surface area contributed by atoms with Gasteiger partial charge in [0.25, 0.3) is 5.91 Å². The van der Waals surface area contributed by atoms with Crippen molar-refractivity contribution in [1.82, 2.24) is 4.90 Å². The van der Waals surface area contributed by atoms with Crippen molar-refractivity contribution in [3.63, 3.8) is 0 Å². The number of benzene rings is 3. The third-order valence-corrected chi connectivity index (χ3v) is 6.30. The van der Waals surface area contributed by atoms with Crippen LogP contribution in [0.25, 0.3) is 0 Å². The monoisotopic (exact) mass is 431 g/mol. The van der Waals surface area contributed by atoms with Gasteiger partial charge in [-0.05, 0) is 35.9 Å². The number of aliphatic hydroxyl groups is 1. The van der Waals surface area contributed by atoms with Gasteiger partial charge >= 0.3 is 6.03 Å². The van der Waals surface area contributed by atoms with Crippen molar-refractivity contribution >= 4 is 23.3 Å². The van der Waals surface area contributed by atoms with Crippen LogP contribution in [0.4, 0.5) is 20.6 Å². The van der Waals surface area contributed by atoms with Crippen LogP contribution >= 0.6 is 0 Å². The lowest BCUT2D eigenvalue weighted by Crippen LogP contribution is -2.71. The number of rotatable bonds is 3. The Bertz CT molecular complexity index is 1170. The maximum Gasteiger partial charge on any atom is 0.326 e. The summed E-state index contributed by atoms with van der Waals surface area (Å²) in [4.78, 5) is 29.5. The van der Waals surface area contributed by atoms with Crippen LogP contribution < -0.4 is 10.2 Å². The van der Waals surface area contributed by atoms with Gasteiger partial charge in [-0.15, -0.1) is 0 Å². The van der Waals surface area contributed by atoms with E-state index in [0.29, 0.717) is 5.69 Å². The maximum atomic E-state index is 14.3. The smallest absolute Gasteiger partial charge is 0.326 e. The van der Waals surface area contributed by atoms with Gasteiger partial charge in [-0.2, -0.15) is 0 Å². The molecule has 2 aliphatic heterocycles. The molecule has 162 valence electrons. The number of likely N-dealkylation sites (tertiary alicyclic amines) is 1. The first-order chi connectivity index (χ1) is 15.6. The van der Waals surface area contributed by atoms with Crippen molar-refractivity contribution < 1.29 is 19.1 Å². The number of hydrogen-bond acceptors (Lipinski definition) is 3. The SMILES string of the molecule is O=C(Nc1ccccc1)N1C[C@H]2[C@@H](c3ccccc31)[C@H](CO)N2C(=O)c1ccccc1F. The molecular weight excluding hydrogens is 409 g/mol. The van der Waals surface area contributed by atoms with E-state index in [9.17, 15) is 19.1 Å². The van der Waals surface area contributed by atoms with Crippen molar-refractivity contribution in [2.45, 2.75) is 18.0 Å². The van der Waals surface area contributed by atoms with E-state index >= 15 is 0 Å². The second-order valence-electron chi connectivity index (χ2n) is 8.00. The number of carbonyl (C=O) groups excluding carboxylic acids is 2. The zero-order chi connectivity index (χ0) is 22.2. The molecule has 32 heavy (non-hydrogen) atoms. The van der Waals surface area contributed by atoms with E-state index in [1.165, 1.54) is 23.1 Å². The van der Waals surface area contributed by atoms with Gasteiger partial charge in [-0.25, -0.2) is 9.18 Å². The molecule has 2 aliphatic rings. The number of halogens is 1. The largest absolute Gasteiger partial charge is 0.394 e. The van der Waals surface area contributed by atoms with Crippen LogP contribution in [0.15, 0.2) is 78.9 Å². The highest BCUT2D eigenvalue weighted by molar-refractivity contribution is 6.03. The Labute approximate surface area is 184 Å². The normalized spacial score (nSPS) is 21.2. The van der Waals surface area contributed by atoms with Gasteiger partial charge in [-0.1, -0.05) is 48.5 Å². The molecule has 0 bridgehead atoms. The molecule has 5 rings (SSSR count). The minimum Gasteiger partial charge on any atom is -0.394 e. The molecule has 0 unspecified atom stereocenters. The molecule has 0 aliphatic carbocycles. The fraction of sp³-hybridized carbons (Fsp3) is 0.200. The minimum atomic E-state index is -0.604. The zero-order valence-corrected chi connectivity index (χ0v) is 17.2. The summed E-state index contributed by atoms with van der Waals surface area (Å²) in [7, 11) is 0. The highest BCUT2D eigenvalue weighted by Gasteiger charge is 2.55. The van der Waals surface area contributed by atoms with Gasteiger partial charge in [0, 0.05) is 23.8 Å². The van der Waals surface area contributed by atoms with Gasteiger partial charge in [0.15, 0.2) is 0 Å². The van der Waals surface area contributed by atoms with Gasteiger partial charge in [0.2, 0.25) is 0 Å². The number of para-hydroxylation sites is 2. The molecular formula is C25H22FN3O3. The minimum absolute atomic E-state index is 0.0384. The van der Waals surface area contributed by atoms with Crippen LogP contribution in [0.1, 0.15) is 21.8 Å². The summed E-state index contributed by atoms with van der Waals surface area (Å²) in [6.07, 6.45) is 0. The lowest BCUT2D eigenvalue weighted by molar-refractivity contribution is -0.0244. The van der Waals surface area contributed by atoms with Crippen molar-refractivity contribution in [3.05, 3.63) is 95.8 Å². The van der Waals surface area contributed by atoms with Crippen molar-refractivity contribution in [2.24, 2.45) is 0 Å². The average Bonchev–Trinajstić information content (AvgIpc) is 2.80. The van der Waals surface area contributed by atoms with Crippen LogP contribution in [0, 0.1) is 5.82 Å². The van der Waals surface area contributed by atoms with E-state index in [1.807, 2.05) is 42.5 Å². The Balaban J connectivity index is 1.49. The highest BCUT2D eigenvalue weighted by Crippen LogP contribution is 2.48. The van der Waals surface area contributed by atoms with E-state index in [1.54, 1.807) is 23.1 Å². The number of nitrogens with one attached hydrogen (secondary N) is 1. The first kappa shape index (κ1) is 20.2. The van der Waals surface area contributed by atoms with Gasteiger partial charge < -0.3 is 15.3 Å². The van der Waals surface area contributed by atoms with Crippen LogP contribution in [0.2, 0.25) is 0 Å². The molecule has 2 heterocycles. The van der Waals surface area contributed by atoms with Crippen molar-refractivity contribution in [2.75, 3.05) is 23.4 Å². The molecule has 1 fully saturated rings. The van der Waals surface area contributed by atoms with E-state index in [4.69, 9.17) is 0 Å². The first-order valence-corrected chi connectivity index (χ1v) is 10.5. The fourth-order valence-electron chi connectivity index (χ4n) is 4.84. The zero-order valence-electron chi connectivity index (χ0n) is 17.2. The molecule has 2 N–H and O–H groups in total. The Kier molecular flexibility index (Phi) is 5.11. The number of fused-ring (bicyclic) bond motifs is 3. The lowest BCUT2D eigenvalue weighted by Gasteiger charge is -2.58. The summed E-state index contributed by atoms with van der Waals surface area (Å²) in [5.74, 6) is -1.22. The molecule has 3 aromatic carbocycles. The Morgan fingerprint density at radius 2 is 1.66 bits per heavy atom. The fourth-order valence-corrected chi connectivity index (χ4v) is 4.84. The summed E-state index contributed by atoms with van der Waals surface area (Å²) in [5.41, 5.74) is 2.27. The van der Waals surface area contributed by atoms with E-state index in [0.717, 1.165) is 11.3 Å². The summed E-state index contributed by atoms with van der Waals surface area (Å²) >= 11 is 0. The van der Waals surface area contributed by atoms with Crippen LogP contribution in [0.3, 0.4) is 0 Å². The topological polar surface area (TPSA) is 72.9 Å². The predicted octanol–water partition coefficient (Wildman–Crippen LogP) is 3.85. The molecule has 3 amide bonds. The lowest BCUT2D eigenvalue weighted by atomic mass is 9.71. The molecule has 6 nitrogen and oxygen atoms in total. The summed E-state index contributed by atoms with van der Waals surface area (Å²) < 4.78 is 14.3. The molecule has 0 spiro atoms. The number of carbonyl (C=O) groups is 2. The number of urea groups is 1. The molecule has 1 saturated heterocycles. The van der Waals surface area contributed by atoms with Gasteiger partial charge in [0.1, 0.15) is 5.82 Å². The van der Waals surface area contributed by atoms with Gasteiger partial charge in [-0.3, -0.25) is 9.69 Å². The molecule has 7 heteroatoms. The quantitative estimate of drug-likeness (QED) is 0.662. The van der Waals surface area contributed by atoms with Crippen molar-refractivity contribution in [1.29, 1.82) is 0 Å². The summed E-state index contributed by atoms with van der Waals surface area (Å²) in [6.45, 7) is 0.00292. The average molecular weight is 431 g/mol. The third-order valence-electron chi connectivity index (χ3n) is 6.30. The maximum absolute atomic E-state index is 14.3. The first-order valence-electron chi connectivity index (χ1n) is 10.5. The Hall–Kier alpha value is -3.71. The van der Waals surface area contributed by atoms with Crippen LogP contribution in [0.5, 0.6) is 0 Å². The number of hydrogen-bond donors (Lipinski definition) is 2. The molecule has 3 aromatic rings. The number of amides is 3. The van der Waals surface area contributed by atoms with Crippen molar-refractivity contribution in [3.8, 4) is 0 Å². The summed E-state index contributed by atoms with van der Waals surface area (Å²) in [6, 6.07) is 21.3. The molecule has 3 atom stereocenters. The predicted molar refractivity (Wildman–Crippen MR) is 119 cm³/mol. The highest BCUT2D eigenvalue weighted by atomic mass is 19.1. The molecule has 0 aromatic heterocycles. The second-order valence-corrected chi connectivity index (χ2v) is 8.00. The summed E-state index contributed by atoms with van der Waals surface area (Å²) in [5, 5.41) is 13.0.